The van der Waals surface area contributed by atoms with Gasteiger partial charge in [-0.05, 0) is 0 Å². The molecule has 0 fully saturated rings. The lowest BCUT2D eigenvalue weighted by molar-refractivity contribution is -0.387. The third-order valence-corrected chi connectivity index (χ3v) is 3.17. The fraction of sp³-hybridized carbons (Fsp3) is 0.400. The maximum atomic E-state index is 13.6. The SMILES string of the molecule is CS(=O)(=O)CCNCc1cccc([N+](=O)[O-])c1F. The Kier molecular flexibility index (Phi) is 4.74. The van der Waals surface area contributed by atoms with Gasteiger partial charge in [0.2, 0.25) is 5.82 Å². The molecule has 8 heteroatoms. The molecule has 1 aromatic carbocycles. The van der Waals surface area contributed by atoms with Crippen LogP contribution in [0, 0.1) is 15.9 Å². The molecule has 0 spiro atoms. The van der Waals surface area contributed by atoms with Crippen molar-refractivity contribution >= 4 is 15.5 Å². The summed E-state index contributed by atoms with van der Waals surface area (Å²) >= 11 is 0. The van der Waals surface area contributed by atoms with Gasteiger partial charge in [0.1, 0.15) is 9.84 Å². The summed E-state index contributed by atoms with van der Waals surface area (Å²) < 4.78 is 35.3. The minimum absolute atomic E-state index is 0.0447. The van der Waals surface area contributed by atoms with Crippen molar-refractivity contribution in [3.05, 3.63) is 39.7 Å². The van der Waals surface area contributed by atoms with Crippen molar-refractivity contribution in [3.8, 4) is 0 Å². The Balaban J connectivity index is 2.63. The van der Waals surface area contributed by atoms with Crippen LogP contribution in [-0.4, -0.2) is 31.9 Å². The fourth-order valence-electron chi connectivity index (χ4n) is 1.32. The number of hydrogen-bond donors (Lipinski definition) is 1. The van der Waals surface area contributed by atoms with Crippen LogP contribution in [0.5, 0.6) is 0 Å². The van der Waals surface area contributed by atoms with Gasteiger partial charge in [0.05, 0.1) is 10.7 Å². The van der Waals surface area contributed by atoms with E-state index in [0.29, 0.717) is 0 Å². The van der Waals surface area contributed by atoms with Crippen LogP contribution in [0.4, 0.5) is 10.1 Å². The van der Waals surface area contributed by atoms with E-state index in [2.05, 4.69) is 5.32 Å². The van der Waals surface area contributed by atoms with Gasteiger partial charge in [-0.1, -0.05) is 12.1 Å². The highest BCUT2D eigenvalue weighted by Gasteiger charge is 2.16. The van der Waals surface area contributed by atoms with Gasteiger partial charge < -0.3 is 5.32 Å². The van der Waals surface area contributed by atoms with E-state index in [1.807, 2.05) is 0 Å². The van der Waals surface area contributed by atoms with Crippen molar-refractivity contribution in [3.63, 3.8) is 0 Å². The molecular weight excluding hydrogens is 263 g/mol. The molecule has 6 nitrogen and oxygen atoms in total. The Morgan fingerprint density at radius 2 is 2.11 bits per heavy atom. The highest BCUT2D eigenvalue weighted by atomic mass is 32.2. The van der Waals surface area contributed by atoms with Gasteiger partial charge in [0, 0.05) is 31.0 Å². The first kappa shape index (κ1) is 14.5. The van der Waals surface area contributed by atoms with Crippen LogP contribution in [0.15, 0.2) is 18.2 Å². The van der Waals surface area contributed by atoms with Crippen LogP contribution in [0.3, 0.4) is 0 Å². The second-order valence-corrected chi connectivity index (χ2v) is 6.07. The van der Waals surface area contributed by atoms with Crippen LogP contribution >= 0.6 is 0 Å². The Morgan fingerprint density at radius 1 is 1.44 bits per heavy atom. The van der Waals surface area contributed by atoms with Gasteiger partial charge in [0.15, 0.2) is 0 Å². The molecule has 0 atom stereocenters. The summed E-state index contributed by atoms with van der Waals surface area (Å²) in [7, 11) is -3.07. The number of nitro groups is 1. The summed E-state index contributed by atoms with van der Waals surface area (Å²) in [6.07, 6.45) is 1.10. The molecule has 1 aromatic rings. The Bertz CT molecular complexity index is 545. The number of hydrogen-bond acceptors (Lipinski definition) is 5. The molecule has 18 heavy (non-hydrogen) atoms. The molecule has 0 aromatic heterocycles. The normalized spacial score (nSPS) is 11.4. The number of benzene rings is 1. The average Bonchev–Trinajstić information content (AvgIpc) is 2.24. The molecule has 0 aliphatic carbocycles. The van der Waals surface area contributed by atoms with Gasteiger partial charge in [-0.25, -0.2) is 8.42 Å². The van der Waals surface area contributed by atoms with Gasteiger partial charge in [-0.3, -0.25) is 10.1 Å². The van der Waals surface area contributed by atoms with E-state index in [4.69, 9.17) is 0 Å². The number of rotatable bonds is 6. The summed E-state index contributed by atoms with van der Waals surface area (Å²) in [5, 5.41) is 13.2. The second-order valence-electron chi connectivity index (χ2n) is 3.81. The molecule has 1 N–H and O–H groups in total. The topological polar surface area (TPSA) is 89.3 Å². The molecule has 0 heterocycles. The molecule has 0 radical (unpaired) electrons. The van der Waals surface area contributed by atoms with Crippen molar-refractivity contribution in [2.24, 2.45) is 0 Å². The Morgan fingerprint density at radius 3 is 2.67 bits per heavy atom. The monoisotopic (exact) mass is 276 g/mol. The zero-order chi connectivity index (χ0) is 13.8. The molecule has 0 aliphatic heterocycles. The molecule has 0 unspecified atom stereocenters. The van der Waals surface area contributed by atoms with E-state index in [0.717, 1.165) is 12.3 Å². The first-order valence-corrected chi connectivity index (χ1v) is 7.17. The van der Waals surface area contributed by atoms with E-state index >= 15 is 0 Å². The van der Waals surface area contributed by atoms with E-state index in [9.17, 15) is 22.9 Å². The predicted octanol–water partition coefficient (Wildman–Crippen LogP) is 0.868. The van der Waals surface area contributed by atoms with Crippen molar-refractivity contribution in [1.82, 2.24) is 5.32 Å². The van der Waals surface area contributed by atoms with Gasteiger partial charge in [-0.2, -0.15) is 4.39 Å². The minimum Gasteiger partial charge on any atom is -0.312 e. The average molecular weight is 276 g/mol. The lowest BCUT2D eigenvalue weighted by atomic mass is 10.2. The zero-order valence-electron chi connectivity index (χ0n) is 9.72. The quantitative estimate of drug-likeness (QED) is 0.473. The summed E-state index contributed by atoms with van der Waals surface area (Å²) in [6.45, 7) is 0.212. The third kappa shape index (κ3) is 4.38. The molecule has 1 rings (SSSR count). The van der Waals surface area contributed by atoms with Gasteiger partial charge in [-0.15, -0.1) is 0 Å². The van der Waals surface area contributed by atoms with Crippen LogP contribution in [0.2, 0.25) is 0 Å². The smallest absolute Gasteiger partial charge is 0.305 e. The van der Waals surface area contributed by atoms with Gasteiger partial charge in [0.25, 0.3) is 0 Å². The number of nitro benzene ring substituents is 1. The number of halogens is 1. The lowest BCUT2D eigenvalue weighted by Gasteiger charge is -2.05. The maximum absolute atomic E-state index is 13.6. The zero-order valence-corrected chi connectivity index (χ0v) is 10.5. The van der Waals surface area contributed by atoms with Crippen molar-refractivity contribution < 1.29 is 17.7 Å². The minimum atomic E-state index is -3.07. The van der Waals surface area contributed by atoms with Crippen molar-refractivity contribution in [1.29, 1.82) is 0 Å². The second kappa shape index (κ2) is 5.87. The standard InChI is InChI=1S/C10H13FN2O4S/c1-18(16,17)6-5-12-7-8-3-2-4-9(10(8)11)13(14)15/h2-4,12H,5-7H2,1H3. The molecule has 0 amide bonds. The molecule has 0 bridgehead atoms. The Hall–Kier alpha value is -1.54. The van der Waals surface area contributed by atoms with Crippen LogP contribution < -0.4 is 5.32 Å². The van der Waals surface area contributed by atoms with E-state index in [-0.39, 0.29) is 24.4 Å². The third-order valence-electron chi connectivity index (χ3n) is 2.22. The summed E-state index contributed by atoms with van der Waals surface area (Å²) in [6, 6.07) is 3.87. The number of sulfone groups is 1. The molecule has 0 saturated carbocycles. The lowest BCUT2D eigenvalue weighted by Crippen LogP contribution is -2.22. The fourth-order valence-corrected chi connectivity index (χ4v) is 1.84. The predicted molar refractivity (Wildman–Crippen MR) is 64.5 cm³/mol. The largest absolute Gasteiger partial charge is 0.312 e. The highest BCUT2D eigenvalue weighted by Crippen LogP contribution is 2.19. The van der Waals surface area contributed by atoms with Crippen molar-refractivity contribution in [2.45, 2.75) is 6.54 Å². The van der Waals surface area contributed by atoms with E-state index in [1.165, 1.54) is 12.1 Å². The maximum Gasteiger partial charge on any atom is 0.305 e. The first-order valence-electron chi connectivity index (χ1n) is 5.11. The number of nitrogens with zero attached hydrogens (tertiary/aromatic N) is 1. The van der Waals surface area contributed by atoms with Gasteiger partial charge >= 0.3 is 5.69 Å². The molecular formula is C10H13FN2O4S. The van der Waals surface area contributed by atoms with Crippen LogP contribution in [-0.2, 0) is 16.4 Å². The highest BCUT2D eigenvalue weighted by molar-refractivity contribution is 7.90. The van der Waals surface area contributed by atoms with Crippen LogP contribution in [0.1, 0.15) is 5.56 Å². The number of nitrogens with one attached hydrogen (secondary N) is 1. The van der Waals surface area contributed by atoms with E-state index < -0.39 is 26.3 Å². The molecule has 100 valence electrons. The van der Waals surface area contributed by atoms with Crippen LogP contribution in [0.25, 0.3) is 0 Å². The molecule has 0 saturated heterocycles. The first-order chi connectivity index (χ1) is 8.31. The summed E-state index contributed by atoms with van der Waals surface area (Å²) in [4.78, 5) is 9.70. The van der Waals surface area contributed by atoms with E-state index in [1.54, 1.807) is 0 Å². The summed E-state index contributed by atoms with van der Waals surface area (Å²) in [5.41, 5.74) is -0.449. The molecule has 0 aliphatic rings. The van der Waals surface area contributed by atoms with Crippen molar-refractivity contribution in [2.75, 3.05) is 18.6 Å². The summed E-state index contributed by atoms with van der Waals surface area (Å²) in [5.74, 6) is -0.960. The Labute approximate surface area is 104 Å².